The van der Waals surface area contributed by atoms with E-state index in [4.69, 9.17) is 11.6 Å². The lowest BCUT2D eigenvalue weighted by molar-refractivity contribution is -0.137. The Balaban J connectivity index is 2.39. The first-order valence-corrected chi connectivity index (χ1v) is 6.80. The molecule has 0 radical (unpaired) electrons. The van der Waals surface area contributed by atoms with Crippen molar-refractivity contribution in [1.29, 1.82) is 0 Å². The Morgan fingerprint density at radius 1 is 1.37 bits per heavy atom. The van der Waals surface area contributed by atoms with Gasteiger partial charge in [-0.1, -0.05) is 27.5 Å². The van der Waals surface area contributed by atoms with Crippen molar-refractivity contribution in [2.45, 2.75) is 6.18 Å². The molecule has 0 atom stereocenters. The molecule has 2 rings (SSSR count). The summed E-state index contributed by atoms with van der Waals surface area (Å²) in [5.41, 5.74) is 0.133. The quantitative estimate of drug-likeness (QED) is 0.710. The Morgan fingerprint density at radius 3 is 2.63 bits per heavy atom. The first kappa shape index (κ1) is 14.5. The van der Waals surface area contributed by atoms with Gasteiger partial charge in [-0.05, 0) is 18.2 Å². The molecule has 100 valence electrons. The molecule has 1 aromatic carbocycles. The number of alkyl halides is 3. The minimum atomic E-state index is -4.55. The van der Waals surface area contributed by atoms with Gasteiger partial charge < -0.3 is 0 Å². The molecular formula is C11H4BrClF3NOS. The second-order valence-corrected chi connectivity index (χ2v) is 5.83. The predicted octanol–water partition coefficient (Wildman–Crippen LogP) is 4.81. The van der Waals surface area contributed by atoms with Crippen LogP contribution in [0.25, 0.3) is 0 Å². The number of ketones is 1. The smallest absolute Gasteiger partial charge is 0.288 e. The van der Waals surface area contributed by atoms with E-state index in [9.17, 15) is 18.0 Å². The van der Waals surface area contributed by atoms with Gasteiger partial charge in [-0.3, -0.25) is 4.79 Å². The van der Waals surface area contributed by atoms with Crippen molar-refractivity contribution in [3.8, 4) is 0 Å². The van der Waals surface area contributed by atoms with Crippen LogP contribution >= 0.6 is 38.9 Å². The summed E-state index contributed by atoms with van der Waals surface area (Å²) in [4.78, 5) is 15.2. The normalized spacial score (nSPS) is 11.6. The first-order valence-electron chi connectivity index (χ1n) is 4.82. The van der Waals surface area contributed by atoms with Gasteiger partial charge in [0.2, 0.25) is 5.78 Å². The van der Waals surface area contributed by atoms with Crippen LogP contribution in [-0.4, -0.2) is 10.8 Å². The molecule has 0 bridgehead atoms. The number of aromatic nitrogens is 1. The van der Waals surface area contributed by atoms with E-state index in [-0.39, 0.29) is 15.5 Å². The highest BCUT2D eigenvalue weighted by Crippen LogP contribution is 2.34. The fraction of sp³-hybridized carbons (Fsp3) is 0.0909. The lowest BCUT2D eigenvalue weighted by Gasteiger charge is -2.02. The number of carbonyl (C=O) groups excluding carboxylic acids is 1. The molecule has 0 fully saturated rings. The van der Waals surface area contributed by atoms with Crippen LogP contribution in [0.15, 0.2) is 28.9 Å². The van der Waals surface area contributed by atoms with Gasteiger partial charge in [0.1, 0.15) is 0 Å². The SMILES string of the molecule is O=C(c1cnc(C(F)(F)F)s1)c1cc(Br)ccc1Cl. The topological polar surface area (TPSA) is 30.0 Å². The fourth-order valence-electron chi connectivity index (χ4n) is 1.31. The minimum Gasteiger partial charge on any atom is -0.288 e. The average molecular weight is 371 g/mol. The van der Waals surface area contributed by atoms with Gasteiger partial charge in [0, 0.05) is 16.2 Å². The highest BCUT2D eigenvalue weighted by Gasteiger charge is 2.35. The molecule has 0 spiro atoms. The van der Waals surface area contributed by atoms with Crippen LogP contribution in [0, 0.1) is 0 Å². The summed E-state index contributed by atoms with van der Waals surface area (Å²) in [7, 11) is 0. The third-order valence-electron chi connectivity index (χ3n) is 2.15. The van der Waals surface area contributed by atoms with Crippen LogP contribution in [0.1, 0.15) is 20.2 Å². The summed E-state index contributed by atoms with van der Waals surface area (Å²) >= 11 is 9.33. The Hall–Kier alpha value is -0.920. The van der Waals surface area contributed by atoms with Gasteiger partial charge in [0.25, 0.3) is 0 Å². The number of carbonyl (C=O) groups is 1. The number of halogens is 5. The van der Waals surface area contributed by atoms with E-state index in [1.807, 2.05) is 0 Å². The van der Waals surface area contributed by atoms with Crippen LogP contribution < -0.4 is 0 Å². The van der Waals surface area contributed by atoms with Gasteiger partial charge >= 0.3 is 6.18 Å². The summed E-state index contributed by atoms with van der Waals surface area (Å²) < 4.78 is 37.9. The molecule has 0 unspecified atom stereocenters. The zero-order valence-electron chi connectivity index (χ0n) is 8.96. The molecule has 0 amide bonds. The van der Waals surface area contributed by atoms with Crippen molar-refractivity contribution in [2.24, 2.45) is 0 Å². The van der Waals surface area contributed by atoms with Crippen molar-refractivity contribution in [3.05, 3.63) is 49.3 Å². The monoisotopic (exact) mass is 369 g/mol. The molecule has 0 aliphatic carbocycles. The maximum atomic E-state index is 12.4. The molecule has 19 heavy (non-hydrogen) atoms. The summed E-state index contributed by atoms with van der Waals surface area (Å²) in [6, 6.07) is 4.58. The molecule has 0 aliphatic heterocycles. The second kappa shape index (κ2) is 5.22. The van der Waals surface area contributed by atoms with Gasteiger partial charge in [0.15, 0.2) is 5.01 Å². The van der Waals surface area contributed by atoms with E-state index >= 15 is 0 Å². The number of nitrogens with zero attached hydrogens (tertiary/aromatic N) is 1. The van der Waals surface area contributed by atoms with Gasteiger partial charge in [-0.15, -0.1) is 11.3 Å². The summed E-state index contributed by atoms with van der Waals surface area (Å²) in [6.07, 6.45) is -3.64. The van der Waals surface area contributed by atoms with Crippen molar-refractivity contribution in [1.82, 2.24) is 4.98 Å². The predicted molar refractivity (Wildman–Crippen MR) is 69.7 cm³/mol. The zero-order valence-corrected chi connectivity index (χ0v) is 12.1. The molecule has 0 aliphatic rings. The lowest BCUT2D eigenvalue weighted by Crippen LogP contribution is -2.03. The van der Waals surface area contributed by atoms with E-state index in [0.717, 1.165) is 6.20 Å². The average Bonchev–Trinajstić information content (AvgIpc) is 2.80. The Kier molecular flexibility index (Phi) is 3.98. The zero-order chi connectivity index (χ0) is 14.2. The van der Waals surface area contributed by atoms with E-state index in [1.54, 1.807) is 6.07 Å². The van der Waals surface area contributed by atoms with E-state index < -0.39 is 17.0 Å². The number of hydrogen-bond acceptors (Lipinski definition) is 3. The van der Waals surface area contributed by atoms with E-state index in [1.165, 1.54) is 12.1 Å². The van der Waals surface area contributed by atoms with Gasteiger partial charge in [0.05, 0.1) is 9.90 Å². The summed E-state index contributed by atoms with van der Waals surface area (Å²) in [5.74, 6) is -0.584. The van der Waals surface area contributed by atoms with Crippen LogP contribution in [0.3, 0.4) is 0 Å². The molecule has 1 aromatic heterocycles. The fourth-order valence-corrected chi connectivity index (χ4v) is 2.62. The Morgan fingerprint density at radius 2 is 2.05 bits per heavy atom. The van der Waals surface area contributed by atoms with Crippen molar-refractivity contribution >= 4 is 44.7 Å². The summed E-state index contributed by atoms with van der Waals surface area (Å²) in [6.45, 7) is 0. The Bertz CT molecular complexity index is 641. The van der Waals surface area contributed by atoms with Crippen molar-refractivity contribution < 1.29 is 18.0 Å². The molecule has 8 heteroatoms. The molecule has 0 N–H and O–H groups in total. The molecule has 1 heterocycles. The second-order valence-electron chi connectivity index (χ2n) is 3.48. The van der Waals surface area contributed by atoms with Crippen LogP contribution in [-0.2, 0) is 6.18 Å². The maximum absolute atomic E-state index is 12.4. The Labute approximate surface area is 123 Å². The molecule has 2 aromatic rings. The number of thiazole rings is 1. The van der Waals surface area contributed by atoms with Crippen LogP contribution in [0.2, 0.25) is 5.02 Å². The van der Waals surface area contributed by atoms with Crippen LogP contribution in [0.5, 0.6) is 0 Å². The highest BCUT2D eigenvalue weighted by atomic mass is 79.9. The molecular weight excluding hydrogens is 367 g/mol. The van der Waals surface area contributed by atoms with E-state index in [0.29, 0.717) is 15.8 Å². The lowest BCUT2D eigenvalue weighted by atomic mass is 10.1. The standard InChI is InChI=1S/C11H4BrClF3NOS/c12-5-1-2-7(13)6(3-5)9(18)8-4-17-10(19-8)11(14,15)16/h1-4H. The maximum Gasteiger partial charge on any atom is 0.443 e. The number of rotatable bonds is 2. The number of hydrogen-bond donors (Lipinski definition) is 0. The van der Waals surface area contributed by atoms with Crippen LogP contribution in [0.4, 0.5) is 13.2 Å². The summed E-state index contributed by atoms with van der Waals surface area (Å²) in [5, 5.41) is -0.878. The third kappa shape index (κ3) is 3.16. The third-order valence-corrected chi connectivity index (χ3v) is 4.01. The van der Waals surface area contributed by atoms with Gasteiger partial charge in [-0.25, -0.2) is 4.98 Å². The van der Waals surface area contributed by atoms with E-state index in [2.05, 4.69) is 20.9 Å². The molecule has 2 nitrogen and oxygen atoms in total. The van der Waals surface area contributed by atoms with Gasteiger partial charge in [-0.2, -0.15) is 13.2 Å². The first-order chi connectivity index (χ1) is 8.79. The van der Waals surface area contributed by atoms with Crippen molar-refractivity contribution in [3.63, 3.8) is 0 Å². The molecule has 0 saturated heterocycles. The largest absolute Gasteiger partial charge is 0.443 e. The molecule has 0 saturated carbocycles. The van der Waals surface area contributed by atoms with Crippen molar-refractivity contribution in [2.75, 3.05) is 0 Å². The minimum absolute atomic E-state index is 0.104. The number of benzene rings is 1. The highest BCUT2D eigenvalue weighted by molar-refractivity contribution is 9.10.